The molecule has 0 aliphatic heterocycles. The number of rotatable bonds is 5. The molecule has 3 rings (SSSR count). The number of hydrogen-bond donors (Lipinski definition) is 2. The fraction of sp³-hybridized carbons (Fsp3) is 0.0588. The van der Waals surface area contributed by atoms with Gasteiger partial charge in [0.05, 0.1) is 16.8 Å². The monoisotopic (exact) mass is 374 g/mol. The number of halogens is 1. The molecule has 26 heavy (non-hydrogen) atoms. The largest absolute Gasteiger partial charge is 0.348 e. The van der Waals surface area contributed by atoms with Crippen molar-refractivity contribution in [2.24, 2.45) is 5.14 Å². The number of hydrogen-bond acceptors (Lipinski definition) is 4. The highest BCUT2D eigenvalue weighted by Gasteiger charge is 2.10. The standard InChI is InChI=1S/C17H15FN4O3S/c18-14-2-1-3-15(8-14)22-11-12(10-21-22)9-20-17(23)13-4-6-16(7-5-13)26(19,24)25/h1-8,10-11H,9H2,(H,20,23)(H2,19,24,25). The molecule has 0 saturated heterocycles. The number of primary sulfonamides is 1. The fourth-order valence-corrected chi connectivity index (χ4v) is 2.81. The second-order valence-electron chi connectivity index (χ2n) is 5.53. The normalized spacial score (nSPS) is 11.3. The summed E-state index contributed by atoms with van der Waals surface area (Å²) in [5, 5.41) is 11.9. The molecule has 9 heteroatoms. The number of carbonyl (C=O) groups is 1. The Morgan fingerprint density at radius 1 is 1.19 bits per heavy atom. The number of benzene rings is 2. The number of aromatic nitrogens is 2. The molecule has 0 bridgehead atoms. The molecule has 2 aromatic carbocycles. The summed E-state index contributed by atoms with van der Waals surface area (Å²) in [6.07, 6.45) is 3.24. The van der Waals surface area contributed by atoms with E-state index in [-0.39, 0.29) is 23.2 Å². The smallest absolute Gasteiger partial charge is 0.251 e. The summed E-state index contributed by atoms with van der Waals surface area (Å²) >= 11 is 0. The van der Waals surface area contributed by atoms with Crippen molar-refractivity contribution in [1.29, 1.82) is 0 Å². The Balaban J connectivity index is 1.65. The minimum atomic E-state index is -3.80. The van der Waals surface area contributed by atoms with Crippen molar-refractivity contribution in [3.05, 3.63) is 77.9 Å². The lowest BCUT2D eigenvalue weighted by Gasteiger charge is -2.05. The minimum Gasteiger partial charge on any atom is -0.348 e. The van der Waals surface area contributed by atoms with E-state index >= 15 is 0 Å². The molecule has 7 nitrogen and oxygen atoms in total. The zero-order chi connectivity index (χ0) is 18.7. The van der Waals surface area contributed by atoms with Gasteiger partial charge < -0.3 is 5.32 Å². The molecule has 0 aliphatic rings. The van der Waals surface area contributed by atoms with Crippen molar-refractivity contribution in [3.63, 3.8) is 0 Å². The molecule has 0 fully saturated rings. The number of amides is 1. The first kappa shape index (κ1) is 17.8. The van der Waals surface area contributed by atoms with E-state index in [1.807, 2.05) is 0 Å². The number of sulfonamides is 1. The third-order valence-electron chi connectivity index (χ3n) is 3.61. The van der Waals surface area contributed by atoms with Crippen LogP contribution in [-0.2, 0) is 16.6 Å². The third-order valence-corrected chi connectivity index (χ3v) is 4.54. The molecular weight excluding hydrogens is 359 g/mol. The van der Waals surface area contributed by atoms with Crippen LogP contribution in [0.25, 0.3) is 5.69 Å². The zero-order valence-corrected chi connectivity index (χ0v) is 14.3. The molecule has 0 saturated carbocycles. The molecule has 1 amide bonds. The van der Waals surface area contributed by atoms with E-state index in [4.69, 9.17) is 5.14 Å². The van der Waals surface area contributed by atoms with E-state index in [2.05, 4.69) is 10.4 Å². The third kappa shape index (κ3) is 4.13. The van der Waals surface area contributed by atoms with Crippen LogP contribution in [0, 0.1) is 5.82 Å². The van der Waals surface area contributed by atoms with E-state index in [9.17, 15) is 17.6 Å². The summed E-state index contributed by atoms with van der Waals surface area (Å²) < 4.78 is 37.2. The summed E-state index contributed by atoms with van der Waals surface area (Å²) in [6.45, 7) is 0.213. The molecule has 3 aromatic rings. The van der Waals surface area contributed by atoms with Crippen molar-refractivity contribution in [3.8, 4) is 5.69 Å². The number of nitrogens with two attached hydrogens (primary N) is 1. The Labute approximate surface area is 149 Å². The second-order valence-corrected chi connectivity index (χ2v) is 7.09. The summed E-state index contributed by atoms with van der Waals surface area (Å²) in [5.41, 5.74) is 1.60. The molecule has 0 atom stereocenters. The molecule has 1 heterocycles. The van der Waals surface area contributed by atoms with E-state index in [1.54, 1.807) is 24.5 Å². The van der Waals surface area contributed by atoms with Gasteiger partial charge in [-0.3, -0.25) is 4.79 Å². The molecule has 134 valence electrons. The van der Waals surface area contributed by atoms with Crippen molar-refractivity contribution in [2.45, 2.75) is 11.4 Å². The van der Waals surface area contributed by atoms with Crippen LogP contribution >= 0.6 is 0 Å². The van der Waals surface area contributed by atoms with Gasteiger partial charge in [0.25, 0.3) is 5.91 Å². The average molecular weight is 374 g/mol. The SMILES string of the molecule is NS(=O)(=O)c1ccc(C(=O)NCc2cnn(-c3cccc(F)c3)c2)cc1. The van der Waals surface area contributed by atoms with Crippen LogP contribution < -0.4 is 10.5 Å². The fourth-order valence-electron chi connectivity index (χ4n) is 2.29. The summed E-state index contributed by atoms with van der Waals surface area (Å²) in [7, 11) is -3.80. The topological polar surface area (TPSA) is 107 Å². The van der Waals surface area contributed by atoms with Gasteiger partial charge in [-0.15, -0.1) is 0 Å². The Hall–Kier alpha value is -3.04. The lowest BCUT2D eigenvalue weighted by atomic mass is 10.2. The summed E-state index contributed by atoms with van der Waals surface area (Å²) in [4.78, 5) is 12.1. The lowest BCUT2D eigenvalue weighted by molar-refractivity contribution is 0.0951. The van der Waals surface area contributed by atoms with Gasteiger partial charge in [-0.1, -0.05) is 6.07 Å². The molecule has 3 N–H and O–H groups in total. The van der Waals surface area contributed by atoms with Crippen molar-refractivity contribution in [1.82, 2.24) is 15.1 Å². The first-order chi connectivity index (χ1) is 12.3. The predicted molar refractivity (Wildman–Crippen MR) is 92.5 cm³/mol. The minimum absolute atomic E-state index is 0.0644. The zero-order valence-electron chi connectivity index (χ0n) is 13.5. The molecular formula is C17H15FN4O3S. The maximum absolute atomic E-state index is 13.3. The Morgan fingerprint density at radius 2 is 1.92 bits per heavy atom. The highest BCUT2D eigenvalue weighted by Crippen LogP contribution is 2.11. The van der Waals surface area contributed by atoms with E-state index < -0.39 is 10.0 Å². The predicted octanol–water partition coefficient (Wildman–Crippen LogP) is 1.59. The van der Waals surface area contributed by atoms with Gasteiger partial charge in [0.2, 0.25) is 10.0 Å². The van der Waals surface area contributed by atoms with E-state index in [0.717, 1.165) is 5.56 Å². The van der Waals surface area contributed by atoms with Crippen LogP contribution in [0.4, 0.5) is 4.39 Å². The Kier molecular flexibility index (Phi) is 4.83. The van der Waals surface area contributed by atoms with E-state index in [0.29, 0.717) is 11.3 Å². The molecule has 0 unspecified atom stereocenters. The van der Waals surface area contributed by atoms with Crippen molar-refractivity contribution < 1.29 is 17.6 Å². The van der Waals surface area contributed by atoms with Crippen LogP contribution in [0.15, 0.2) is 65.8 Å². The average Bonchev–Trinajstić information content (AvgIpc) is 3.08. The van der Waals surface area contributed by atoms with Crippen molar-refractivity contribution in [2.75, 3.05) is 0 Å². The van der Waals surface area contributed by atoms with Gasteiger partial charge in [0.15, 0.2) is 0 Å². The number of carbonyl (C=O) groups excluding carboxylic acids is 1. The van der Waals surface area contributed by atoms with Crippen LogP contribution in [-0.4, -0.2) is 24.1 Å². The summed E-state index contributed by atoms with van der Waals surface area (Å²) in [6, 6.07) is 11.3. The molecule has 1 aromatic heterocycles. The quantitative estimate of drug-likeness (QED) is 0.707. The van der Waals surface area contributed by atoms with Gasteiger partial charge in [0.1, 0.15) is 5.82 Å². The van der Waals surface area contributed by atoms with Crippen LogP contribution in [0.3, 0.4) is 0 Å². The maximum Gasteiger partial charge on any atom is 0.251 e. The summed E-state index contributed by atoms with van der Waals surface area (Å²) in [5.74, 6) is -0.736. The first-order valence-electron chi connectivity index (χ1n) is 7.53. The van der Waals surface area contributed by atoms with Gasteiger partial charge in [-0.25, -0.2) is 22.6 Å². The number of nitrogens with one attached hydrogen (secondary N) is 1. The maximum atomic E-state index is 13.3. The van der Waals surface area contributed by atoms with Gasteiger partial charge in [-0.05, 0) is 42.5 Å². The highest BCUT2D eigenvalue weighted by molar-refractivity contribution is 7.89. The molecule has 0 radical (unpaired) electrons. The molecule has 0 spiro atoms. The van der Waals surface area contributed by atoms with Crippen LogP contribution in [0.5, 0.6) is 0 Å². The second kappa shape index (κ2) is 7.06. The van der Waals surface area contributed by atoms with E-state index in [1.165, 1.54) is 41.1 Å². The Bertz CT molecular complexity index is 1050. The van der Waals surface area contributed by atoms with Gasteiger partial charge >= 0.3 is 0 Å². The van der Waals surface area contributed by atoms with Gasteiger partial charge in [-0.2, -0.15) is 5.10 Å². The number of nitrogens with zero attached hydrogens (tertiary/aromatic N) is 2. The highest BCUT2D eigenvalue weighted by atomic mass is 32.2. The van der Waals surface area contributed by atoms with Crippen molar-refractivity contribution >= 4 is 15.9 Å². The van der Waals surface area contributed by atoms with Crippen LogP contribution in [0.2, 0.25) is 0 Å². The lowest BCUT2D eigenvalue weighted by Crippen LogP contribution is -2.22. The Morgan fingerprint density at radius 3 is 2.58 bits per heavy atom. The van der Waals surface area contributed by atoms with Gasteiger partial charge in [0, 0.05) is 23.9 Å². The molecule has 0 aliphatic carbocycles. The van der Waals surface area contributed by atoms with Crippen LogP contribution in [0.1, 0.15) is 15.9 Å². The first-order valence-corrected chi connectivity index (χ1v) is 9.08.